The van der Waals surface area contributed by atoms with Crippen molar-refractivity contribution >= 4 is 17.9 Å². The first-order valence-electron chi connectivity index (χ1n) is 11.4. The Morgan fingerprint density at radius 3 is 2.13 bits per heavy atom. The first kappa shape index (κ1) is 19.7. The van der Waals surface area contributed by atoms with Crippen molar-refractivity contribution < 1.29 is 9.59 Å². The Labute approximate surface area is 177 Å². The monoisotopic (exact) mass is 412 g/mol. The molecule has 0 radical (unpaired) electrons. The number of urea groups is 1. The van der Waals surface area contributed by atoms with E-state index in [9.17, 15) is 9.59 Å². The van der Waals surface area contributed by atoms with Crippen LogP contribution in [0.3, 0.4) is 0 Å². The summed E-state index contributed by atoms with van der Waals surface area (Å²) >= 11 is 0. The molecule has 1 aliphatic heterocycles. The maximum Gasteiger partial charge on any atom is 0.321 e. The van der Waals surface area contributed by atoms with Crippen molar-refractivity contribution in [3.05, 3.63) is 18.5 Å². The molecule has 1 saturated heterocycles. The van der Waals surface area contributed by atoms with Gasteiger partial charge in [0.15, 0.2) is 0 Å². The molecule has 0 aromatic carbocycles. The Balaban J connectivity index is 1.12. The summed E-state index contributed by atoms with van der Waals surface area (Å²) in [7, 11) is 0. The molecule has 8 nitrogen and oxygen atoms in total. The molecule has 30 heavy (non-hydrogen) atoms. The zero-order chi connectivity index (χ0) is 20.7. The van der Waals surface area contributed by atoms with Gasteiger partial charge in [-0.1, -0.05) is 0 Å². The van der Waals surface area contributed by atoms with E-state index in [1.165, 1.54) is 19.3 Å². The average molecular weight is 413 g/mol. The number of hydrogen-bond acceptors (Lipinski definition) is 6. The van der Waals surface area contributed by atoms with Crippen molar-refractivity contribution in [1.82, 2.24) is 25.5 Å². The molecule has 4 saturated carbocycles. The molecule has 8 heteroatoms. The third kappa shape index (κ3) is 3.89. The molecule has 5 fully saturated rings. The van der Waals surface area contributed by atoms with Crippen LogP contribution in [0.15, 0.2) is 18.5 Å². The highest BCUT2D eigenvalue weighted by Crippen LogP contribution is 2.55. The van der Waals surface area contributed by atoms with E-state index < -0.39 is 0 Å². The highest BCUT2D eigenvalue weighted by atomic mass is 16.2. The van der Waals surface area contributed by atoms with Gasteiger partial charge in [0, 0.05) is 44.1 Å². The van der Waals surface area contributed by atoms with Crippen molar-refractivity contribution in [1.29, 1.82) is 0 Å². The van der Waals surface area contributed by atoms with Crippen LogP contribution in [-0.2, 0) is 4.79 Å². The van der Waals surface area contributed by atoms with Crippen molar-refractivity contribution in [3.63, 3.8) is 0 Å². The zero-order valence-corrected chi connectivity index (χ0v) is 17.7. The fraction of sp³-hybridized carbons (Fsp3) is 0.727. The van der Waals surface area contributed by atoms with Crippen LogP contribution < -0.4 is 15.5 Å². The number of carbonyl (C=O) groups is 2. The lowest BCUT2D eigenvalue weighted by Gasteiger charge is -2.56. The molecule has 1 aromatic rings. The number of amides is 3. The summed E-state index contributed by atoms with van der Waals surface area (Å²) in [6.45, 7) is 4.89. The molecule has 4 aliphatic carbocycles. The van der Waals surface area contributed by atoms with Gasteiger partial charge in [-0.3, -0.25) is 15.0 Å². The van der Waals surface area contributed by atoms with Crippen molar-refractivity contribution in [2.75, 3.05) is 31.1 Å². The molecule has 162 valence electrons. The minimum absolute atomic E-state index is 0.0797. The maximum atomic E-state index is 12.7. The van der Waals surface area contributed by atoms with Crippen LogP contribution in [0, 0.1) is 17.8 Å². The van der Waals surface area contributed by atoms with Crippen LogP contribution in [0.2, 0.25) is 0 Å². The van der Waals surface area contributed by atoms with Gasteiger partial charge < -0.3 is 10.2 Å². The van der Waals surface area contributed by atoms with Crippen LogP contribution in [0.25, 0.3) is 0 Å². The first-order valence-corrected chi connectivity index (χ1v) is 11.4. The van der Waals surface area contributed by atoms with E-state index in [2.05, 4.69) is 30.4 Å². The summed E-state index contributed by atoms with van der Waals surface area (Å²) in [5.74, 6) is 2.79. The third-order valence-corrected chi connectivity index (χ3v) is 7.73. The highest BCUT2D eigenvalue weighted by molar-refractivity contribution is 5.97. The molecule has 5 aliphatic rings. The van der Waals surface area contributed by atoms with Crippen LogP contribution in [0.5, 0.6) is 0 Å². The number of nitrogens with one attached hydrogen (secondary N) is 2. The van der Waals surface area contributed by atoms with Gasteiger partial charge >= 0.3 is 6.03 Å². The van der Waals surface area contributed by atoms with Gasteiger partial charge in [-0.15, -0.1) is 0 Å². The van der Waals surface area contributed by atoms with Crippen LogP contribution in [0.1, 0.15) is 45.4 Å². The number of rotatable bonds is 4. The molecule has 2 N–H and O–H groups in total. The lowest BCUT2D eigenvalue weighted by atomic mass is 9.53. The Morgan fingerprint density at radius 2 is 1.57 bits per heavy atom. The van der Waals surface area contributed by atoms with E-state index in [1.54, 1.807) is 18.5 Å². The quantitative estimate of drug-likeness (QED) is 0.784. The minimum Gasteiger partial charge on any atom is -0.338 e. The van der Waals surface area contributed by atoms with Crippen molar-refractivity contribution in [2.24, 2.45) is 17.8 Å². The standard InChI is InChI=1S/C22H32N6O2/c1-15(27-5-7-28(8-6-27)20-23-3-2-4-24-20)19(29)25-21(30)26-22-12-16-9-17(13-22)11-18(10-16)14-22/h2-4,15-18H,5-14H2,1H3,(H2,25,26,29,30)/t15-,16?,17?,18?,22?/m1/s1. The minimum atomic E-state index is -0.342. The van der Waals surface area contributed by atoms with E-state index in [0.29, 0.717) is 0 Å². The number of imide groups is 1. The molecular weight excluding hydrogens is 380 g/mol. The highest BCUT2D eigenvalue weighted by Gasteiger charge is 2.51. The van der Waals surface area contributed by atoms with E-state index in [-0.39, 0.29) is 23.5 Å². The molecule has 0 unspecified atom stereocenters. The van der Waals surface area contributed by atoms with Gasteiger partial charge in [0.1, 0.15) is 0 Å². The Kier molecular flexibility index (Phi) is 5.13. The Morgan fingerprint density at radius 1 is 1.00 bits per heavy atom. The van der Waals surface area contributed by atoms with Gasteiger partial charge in [-0.2, -0.15) is 0 Å². The lowest BCUT2D eigenvalue weighted by Crippen LogP contribution is -2.63. The Hall–Kier alpha value is -2.22. The Bertz CT molecular complexity index is 757. The fourth-order valence-electron chi connectivity index (χ4n) is 6.68. The second-order valence-electron chi connectivity index (χ2n) is 9.89. The van der Waals surface area contributed by atoms with Crippen LogP contribution >= 0.6 is 0 Å². The van der Waals surface area contributed by atoms with Gasteiger partial charge in [-0.05, 0) is 69.3 Å². The summed E-state index contributed by atoms with van der Waals surface area (Å²) in [4.78, 5) is 38.3. The maximum absolute atomic E-state index is 12.7. The number of aromatic nitrogens is 2. The number of hydrogen-bond donors (Lipinski definition) is 2. The summed E-state index contributed by atoms with van der Waals surface area (Å²) in [5.41, 5.74) is -0.0797. The summed E-state index contributed by atoms with van der Waals surface area (Å²) in [5, 5.41) is 5.85. The normalized spacial score (nSPS) is 33.9. The van der Waals surface area contributed by atoms with E-state index >= 15 is 0 Å². The topological polar surface area (TPSA) is 90.5 Å². The predicted octanol–water partition coefficient (Wildman–Crippen LogP) is 1.78. The number of carbonyl (C=O) groups excluding carboxylic acids is 2. The molecular formula is C22H32N6O2. The zero-order valence-electron chi connectivity index (χ0n) is 17.7. The van der Waals surface area contributed by atoms with Gasteiger partial charge in [0.05, 0.1) is 6.04 Å². The molecule has 1 atom stereocenters. The summed E-state index contributed by atoms with van der Waals surface area (Å²) in [6, 6.07) is 1.15. The predicted molar refractivity (Wildman–Crippen MR) is 113 cm³/mol. The second-order valence-corrected chi connectivity index (χ2v) is 9.89. The van der Waals surface area contributed by atoms with Gasteiger partial charge in [0.25, 0.3) is 0 Å². The SMILES string of the molecule is C[C@H](C(=O)NC(=O)NC12CC3CC(CC(C3)C1)C2)N1CCN(c2ncccn2)CC1. The van der Waals surface area contributed by atoms with Crippen molar-refractivity contribution in [3.8, 4) is 0 Å². The van der Waals surface area contributed by atoms with Crippen LogP contribution in [0.4, 0.5) is 10.7 Å². The van der Waals surface area contributed by atoms with Gasteiger partial charge in [0.2, 0.25) is 11.9 Å². The largest absolute Gasteiger partial charge is 0.338 e. The molecule has 4 bridgehead atoms. The number of nitrogens with zero attached hydrogens (tertiary/aromatic N) is 4. The van der Waals surface area contributed by atoms with Crippen LogP contribution in [-0.4, -0.2) is 64.6 Å². The van der Waals surface area contributed by atoms with E-state index in [1.807, 2.05) is 6.92 Å². The lowest BCUT2D eigenvalue weighted by molar-refractivity contribution is -0.125. The smallest absolute Gasteiger partial charge is 0.321 e. The molecule has 1 aromatic heterocycles. The van der Waals surface area contributed by atoms with Crippen molar-refractivity contribution in [2.45, 2.75) is 57.0 Å². The molecule has 3 amide bonds. The van der Waals surface area contributed by atoms with E-state index in [4.69, 9.17) is 0 Å². The first-order chi connectivity index (χ1) is 14.5. The molecule has 6 rings (SSSR count). The second kappa shape index (κ2) is 7.80. The molecule has 2 heterocycles. The molecule has 0 spiro atoms. The average Bonchev–Trinajstić information content (AvgIpc) is 2.72. The third-order valence-electron chi connectivity index (χ3n) is 7.73. The fourth-order valence-corrected chi connectivity index (χ4v) is 6.68. The summed E-state index contributed by atoms with van der Waals surface area (Å²) < 4.78 is 0. The summed E-state index contributed by atoms with van der Waals surface area (Å²) in [6.07, 6.45) is 10.7. The van der Waals surface area contributed by atoms with Gasteiger partial charge in [-0.25, -0.2) is 14.8 Å². The number of anilines is 1. The number of piperazine rings is 1. The van der Waals surface area contributed by atoms with E-state index in [0.717, 1.165) is 69.1 Å².